The molecule has 0 bridgehead atoms. The summed E-state index contributed by atoms with van der Waals surface area (Å²) in [6.07, 6.45) is 1.78. The summed E-state index contributed by atoms with van der Waals surface area (Å²) in [5.74, 6) is -0.216. The minimum absolute atomic E-state index is 0.00593. The lowest BCUT2D eigenvalue weighted by atomic mass is 10.1. The number of carbonyl (C=O) groups excluding carboxylic acids is 1. The number of phenolic OH excluding ortho intramolecular Hbond substituents is 1. The Morgan fingerprint density at radius 3 is 2.64 bits per heavy atom. The van der Waals surface area contributed by atoms with Crippen LogP contribution in [0.15, 0.2) is 24.3 Å². The number of ketones is 1. The summed E-state index contributed by atoms with van der Waals surface area (Å²) < 4.78 is 4.97. The van der Waals surface area contributed by atoms with Crippen molar-refractivity contribution in [3.63, 3.8) is 0 Å². The molecule has 0 heterocycles. The topological polar surface area (TPSA) is 46.5 Å². The number of Topliss-reactive ketones (excluding diaryl/α,β-unsaturated/α-hetero) is 1. The van der Waals surface area contributed by atoms with Gasteiger partial charge < -0.3 is 9.84 Å². The molecule has 0 saturated carbocycles. The average molecular weight is 212 g/mol. The van der Waals surface area contributed by atoms with Gasteiger partial charge in [0.25, 0.3) is 0 Å². The zero-order valence-electron chi connectivity index (χ0n) is 8.06. The van der Waals surface area contributed by atoms with Crippen molar-refractivity contribution in [2.75, 3.05) is 13.4 Å². The highest BCUT2D eigenvalue weighted by Gasteiger charge is 2.20. The third kappa shape index (κ3) is 2.27. The van der Waals surface area contributed by atoms with Crippen molar-refractivity contribution in [2.24, 2.45) is 0 Å². The normalized spacial score (nSPS) is 12.4. The van der Waals surface area contributed by atoms with E-state index in [0.717, 1.165) is 0 Å². The minimum Gasteiger partial charge on any atom is -0.507 e. The van der Waals surface area contributed by atoms with Gasteiger partial charge in [-0.25, -0.2) is 0 Å². The van der Waals surface area contributed by atoms with Gasteiger partial charge in [-0.2, -0.15) is 0 Å². The predicted octanol–water partition coefficient (Wildman–Crippen LogP) is 1.91. The van der Waals surface area contributed by atoms with Crippen LogP contribution in [0.3, 0.4) is 0 Å². The highest BCUT2D eigenvalue weighted by atomic mass is 32.2. The number of carbonyl (C=O) groups is 1. The number of benzene rings is 1. The first-order chi connectivity index (χ1) is 6.70. The van der Waals surface area contributed by atoms with Crippen molar-refractivity contribution in [1.82, 2.24) is 0 Å². The first-order valence-corrected chi connectivity index (χ1v) is 5.37. The molecule has 1 N–H and O–H groups in total. The molecule has 76 valence electrons. The summed E-state index contributed by atoms with van der Waals surface area (Å²) in [7, 11) is 1.47. The van der Waals surface area contributed by atoms with Crippen LogP contribution in [0.1, 0.15) is 10.4 Å². The van der Waals surface area contributed by atoms with Crippen LogP contribution in [0, 0.1) is 0 Å². The van der Waals surface area contributed by atoms with E-state index in [-0.39, 0.29) is 11.5 Å². The quantitative estimate of drug-likeness (QED) is 0.611. The van der Waals surface area contributed by atoms with Crippen LogP contribution in [0.5, 0.6) is 5.75 Å². The summed E-state index contributed by atoms with van der Waals surface area (Å²) in [5.41, 5.74) is -0.253. The standard InChI is InChI=1S/C10H12O3S/c1-13-10(14-2)9(12)7-5-3-4-6-8(7)11/h3-6,10-11H,1-2H3. The second-order valence-electron chi connectivity index (χ2n) is 2.68. The van der Waals surface area contributed by atoms with E-state index in [4.69, 9.17) is 4.74 Å². The van der Waals surface area contributed by atoms with Gasteiger partial charge in [-0.3, -0.25) is 4.79 Å². The lowest BCUT2D eigenvalue weighted by molar-refractivity contribution is 0.0792. The van der Waals surface area contributed by atoms with Gasteiger partial charge in [0.15, 0.2) is 5.44 Å². The molecular weight excluding hydrogens is 200 g/mol. The molecule has 1 unspecified atom stereocenters. The SMILES string of the molecule is COC(SC)C(=O)c1ccccc1O. The monoisotopic (exact) mass is 212 g/mol. The molecule has 0 fully saturated rings. The fraction of sp³-hybridized carbons (Fsp3) is 0.300. The molecular formula is C10H12O3S. The summed E-state index contributed by atoms with van der Waals surface area (Å²) in [6, 6.07) is 6.45. The molecule has 14 heavy (non-hydrogen) atoms. The van der Waals surface area contributed by atoms with E-state index < -0.39 is 5.44 Å². The average Bonchev–Trinajstić information content (AvgIpc) is 2.20. The smallest absolute Gasteiger partial charge is 0.205 e. The molecule has 1 atom stereocenters. The molecule has 1 rings (SSSR count). The number of methoxy groups -OCH3 is 1. The van der Waals surface area contributed by atoms with E-state index in [1.54, 1.807) is 24.5 Å². The maximum Gasteiger partial charge on any atom is 0.205 e. The van der Waals surface area contributed by atoms with Crippen LogP contribution >= 0.6 is 11.8 Å². The molecule has 0 aliphatic heterocycles. The van der Waals surface area contributed by atoms with Crippen LogP contribution in [0.2, 0.25) is 0 Å². The Labute approximate surface area is 87.1 Å². The van der Waals surface area contributed by atoms with Gasteiger partial charge in [-0.15, -0.1) is 11.8 Å². The van der Waals surface area contributed by atoms with Crippen LogP contribution in [0.4, 0.5) is 0 Å². The fourth-order valence-electron chi connectivity index (χ4n) is 1.12. The highest BCUT2D eigenvalue weighted by molar-refractivity contribution is 7.99. The molecule has 4 heteroatoms. The highest BCUT2D eigenvalue weighted by Crippen LogP contribution is 2.21. The van der Waals surface area contributed by atoms with E-state index in [2.05, 4.69) is 0 Å². The molecule has 0 aromatic heterocycles. The second kappa shape index (κ2) is 5.02. The Morgan fingerprint density at radius 2 is 2.14 bits per heavy atom. The van der Waals surface area contributed by atoms with E-state index in [1.165, 1.54) is 24.9 Å². The molecule has 3 nitrogen and oxygen atoms in total. The number of hydrogen-bond donors (Lipinski definition) is 1. The molecule has 1 aromatic carbocycles. The second-order valence-corrected chi connectivity index (χ2v) is 3.58. The van der Waals surface area contributed by atoms with Crippen molar-refractivity contribution < 1.29 is 14.6 Å². The maximum atomic E-state index is 11.7. The molecule has 0 radical (unpaired) electrons. The van der Waals surface area contributed by atoms with Crippen molar-refractivity contribution in [3.8, 4) is 5.75 Å². The third-order valence-corrected chi connectivity index (χ3v) is 2.65. The van der Waals surface area contributed by atoms with Gasteiger partial charge >= 0.3 is 0 Å². The number of thioether (sulfide) groups is 1. The summed E-state index contributed by atoms with van der Waals surface area (Å²) in [5, 5.41) is 9.44. The Morgan fingerprint density at radius 1 is 1.50 bits per heavy atom. The largest absolute Gasteiger partial charge is 0.507 e. The minimum atomic E-state index is -0.553. The van der Waals surface area contributed by atoms with Crippen molar-refractivity contribution in [2.45, 2.75) is 5.44 Å². The van der Waals surface area contributed by atoms with E-state index in [9.17, 15) is 9.90 Å². The fourth-order valence-corrected chi connectivity index (χ4v) is 1.65. The van der Waals surface area contributed by atoms with Crippen molar-refractivity contribution >= 4 is 17.5 Å². The lowest BCUT2D eigenvalue weighted by Gasteiger charge is -2.11. The van der Waals surface area contributed by atoms with Crippen LogP contribution in [0.25, 0.3) is 0 Å². The zero-order valence-corrected chi connectivity index (χ0v) is 8.88. The van der Waals surface area contributed by atoms with E-state index in [0.29, 0.717) is 5.56 Å². The Kier molecular flexibility index (Phi) is 3.98. The first-order valence-electron chi connectivity index (χ1n) is 4.08. The Hall–Kier alpha value is -1.00. The molecule has 0 spiro atoms. The number of para-hydroxylation sites is 1. The van der Waals surface area contributed by atoms with Gasteiger partial charge in [0.05, 0.1) is 5.56 Å². The molecule has 0 amide bonds. The number of ether oxygens (including phenoxy) is 1. The van der Waals surface area contributed by atoms with Gasteiger partial charge in [-0.1, -0.05) is 12.1 Å². The van der Waals surface area contributed by atoms with Gasteiger partial charge in [0.1, 0.15) is 5.75 Å². The number of phenols is 1. The third-order valence-electron chi connectivity index (χ3n) is 1.81. The van der Waals surface area contributed by atoms with E-state index >= 15 is 0 Å². The Bertz CT molecular complexity index is 321. The predicted molar refractivity (Wildman–Crippen MR) is 56.7 cm³/mol. The van der Waals surface area contributed by atoms with Crippen LogP contribution in [-0.2, 0) is 4.74 Å². The number of hydrogen-bond acceptors (Lipinski definition) is 4. The van der Waals surface area contributed by atoms with Gasteiger partial charge in [0.2, 0.25) is 5.78 Å². The van der Waals surface area contributed by atoms with Crippen molar-refractivity contribution in [1.29, 1.82) is 0 Å². The number of aromatic hydroxyl groups is 1. The first kappa shape index (κ1) is 11.1. The number of rotatable bonds is 4. The zero-order chi connectivity index (χ0) is 10.6. The van der Waals surface area contributed by atoms with Gasteiger partial charge in [0, 0.05) is 7.11 Å². The molecule has 0 aliphatic carbocycles. The van der Waals surface area contributed by atoms with E-state index in [1.807, 2.05) is 0 Å². The molecule has 1 aromatic rings. The van der Waals surface area contributed by atoms with Crippen LogP contribution in [-0.4, -0.2) is 29.7 Å². The van der Waals surface area contributed by atoms with Crippen molar-refractivity contribution in [3.05, 3.63) is 29.8 Å². The molecule has 0 aliphatic rings. The van der Waals surface area contributed by atoms with Gasteiger partial charge in [-0.05, 0) is 18.4 Å². The Balaban J connectivity index is 2.94. The summed E-state index contributed by atoms with van der Waals surface area (Å²) in [4.78, 5) is 11.7. The van der Waals surface area contributed by atoms with Crippen LogP contribution < -0.4 is 0 Å². The molecule has 0 saturated heterocycles. The summed E-state index contributed by atoms with van der Waals surface area (Å²) >= 11 is 1.30. The lowest BCUT2D eigenvalue weighted by Crippen LogP contribution is -2.19. The maximum absolute atomic E-state index is 11.7. The summed E-state index contributed by atoms with van der Waals surface area (Å²) in [6.45, 7) is 0.